The number of piperidine rings is 1. The minimum absolute atomic E-state index is 0.0159. The van der Waals surface area contributed by atoms with Crippen LogP contribution in [0.5, 0.6) is 11.6 Å². The van der Waals surface area contributed by atoms with Gasteiger partial charge in [-0.3, -0.25) is 9.69 Å². The van der Waals surface area contributed by atoms with Gasteiger partial charge in [-0.05, 0) is 26.0 Å². The average molecular weight is 440 g/mol. The number of carbonyl (C=O) groups is 2. The van der Waals surface area contributed by atoms with Crippen LogP contribution >= 0.6 is 0 Å². The van der Waals surface area contributed by atoms with Crippen molar-refractivity contribution in [2.24, 2.45) is 0 Å². The van der Waals surface area contributed by atoms with Crippen molar-refractivity contribution in [1.82, 2.24) is 19.8 Å². The van der Waals surface area contributed by atoms with Gasteiger partial charge in [-0.1, -0.05) is 12.1 Å². The minimum atomic E-state index is -0.171. The lowest BCUT2D eigenvalue weighted by molar-refractivity contribution is -0.133. The van der Waals surface area contributed by atoms with E-state index >= 15 is 0 Å². The van der Waals surface area contributed by atoms with Crippen molar-refractivity contribution in [3.05, 3.63) is 41.9 Å². The van der Waals surface area contributed by atoms with Gasteiger partial charge >= 0.3 is 6.03 Å². The number of para-hydroxylation sites is 2. The standard InChI is InChI=1S/C23H29N5O4/c1-16-14-21(25-17(2)24-16)32-18-8-10-26(11-9-18)22(29)15-27-12-13-28(23(27)30)19-6-4-5-7-20(19)31-3/h4-7,14,18H,8-13,15H2,1-3H3. The number of urea groups is 1. The summed E-state index contributed by atoms with van der Waals surface area (Å²) in [6.45, 7) is 6.08. The first kappa shape index (κ1) is 21.9. The number of likely N-dealkylation sites (tertiary alicyclic amines) is 1. The molecule has 0 spiro atoms. The summed E-state index contributed by atoms with van der Waals surface area (Å²) in [4.78, 5) is 39.4. The Morgan fingerprint density at radius 2 is 1.84 bits per heavy atom. The van der Waals surface area contributed by atoms with E-state index < -0.39 is 0 Å². The second-order valence-corrected chi connectivity index (χ2v) is 8.12. The van der Waals surface area contributed by atoms with Gasteiger partial charge in [0.2, 0.25) is 11.8 Å². The molecular weight excluding hydrogens is 410 g/mol. The molecule has 9 nitrogen and oxygen atoms in total. The van der Waals surface area contributed by atoms with E-state index in [0.29, 0.717) is 43.6 Å². The van der Waals surface area contributed by atoms with Gasteiger partial charge in [0, 0.05) is 50.8 Å². The molecule has 3 amide bonds. The molecule has 2 saturated heterocycles. The highest BCUT2D eigenvalue weighted by Crippen LogP contribution is 2.30. The predicted octanol–water partition coefficient (Wildman–Crippen LogP) is 2.41. The Morgan fingerprint density at radius 1 is 1.09 bits per heavy atom. The van der Waals surface area contributed by atoms with Crippen LogP contribution < -0.4 is 14.4 Å². The Balaban J connectivity index is 1.29. The van der Waals surface area contributed by atoms with E-state index in [9.17, 15) is 9.59 Å². The van der Waals surface area contributed by atoms with Crippen LogP contribution in [0.15, 0.2) is 30.3 Å². The van der Waals surface area contributed by atoms with Crippen LogP contribution in [0.1, 0.15) is 24.4 Å². The molecule has 3 heterocycles. The zero-order valence-electron chi connectivity index (χ0n) is 18.8. The average Bonchev–Trinajstić information content (AvgIpc) is 3.13. The van der Waals surface area contributed by atoms with Gasteiger partial charge in [0.1, 0.15) is 24.2 Å². The molecule has 2 aliphatic heterocycles. The summed E-state index contributed by atoms with van der Waals surface area (Å²) in [6.07, 6.45) is 1.48. The normalized spacial score (nSPS) is 17.1. The largest absolute Gasteiger partial charge is 0.495 e. The number of hydrogen-bond acceptors (Lipinski definition) is 6. The van der Waals surface area contributed by atoms with Gasteiger partial charge in [-0.25, -0.2) is 9.78 Å². The molecular formula is C23H29N5O4. The Morgan fingerprint density at radius 3 is 2.56 bits per heavy atom. The molecule has 0 unspecified atom stereocenters. The van der Waals surface area contributed by atoms with E-state index in [1.807, 2.05) is 49.1 Å². The van der Waals surface area contributed by atoms with E-state index in [2.05, 4.69) is 9.97 Å². The van der Waals surface area contributed by atoms with Crippen LogP contribution in [-0.4, -0.2) is 77.6 Å². The first-order valence-corrected chi connectivity index (χ1v) is 10.9. The van der Waals surface area contributed by atoms with E-state index in [4.69, 9.17) is 9.47 Å². The fourth-order valence-corrected chi connectivity index (χ4v) is 4.21. The Bertz CT molecular complexity index is 970. The fraction of sp³-hybridized carbons (Fsp3) is 0.478. The monoisotopic (exact) mass is 439 g/mol. The van der Waals surface area contributed by atoms with Crippen LogP contribution in [0.2, 0.25) is 0 Å². The van der Waals surface area contributed by atoms with Crippen molar-refractivity contribution in [1.29, 1.82) is 0 Å². The van der Waals surface area contributed by atoms with Gasteiger partial charge in [-0.2, -0.15) is 4.98 Å². The SMILES string of the molecule is COc1ccccc1N1CCN(CC(=O)N2CCC(Oc3cc(C)nc(C)n3)CC2)C1=O. The number of aryl methyl sites for hydroxylation is 2. The molecule has 1 aromatic carbocycles. The number of ether oxygens (including phenoxy) is 2. The molecule has 2 fully saturated rings. The molecule has 1 aromatic heterocycles. The molecule has 2 aliphatic rings. The molecule has 0 radical (unpaired) electrons. The van der Waals surface area contributed by atoms with Crippen molar-refractivity contribution in [3.8, 4) is 11.6 Å². The number of methoxy groups -OCH3 is 1. The summed E-state index contributed by atoms with van der Waals surface area (Å²) in [5.41, 5.74) is 1.60. The number of anilines is 1. The molecule has 0 bridgehead atoms. The van der Waals surface area contributed by atoms with Gasteiger partial charge < -0.3 is 19.3 Å². The third kappa shape index (κ3) is 4.76. The van der Waals surface area contributed by atoms with Crippen LogP contribution in [0.3, 0.4) is 0 Å². The molecule has 4 rings (SSSR count). The van der Waals surface area contributed by atoms with E-state index in [0.717, 1.165) is 24.2 Å². The van der Waals surface area contributed by atoms with Crippen molar-refractivity contribution >= 4 is 17.6 Å². The zero-order valence-corrected chi connectivity index (χ0v) is 18.8. The molecule has 2 aromatic rings. The maximum absolute atomic E-state index is 12.9. The van der Waals surface area contributed by atoms with Gasteiger partial charge in [-0.15, -0.1) is 0 Å². The number of amides is 3. The van der Waals surface area contributed by atoms with Crippen molar-refractivity contribution < 1.29 is 19.1 Å². The quantitative estimate of drug-likeness (QED) is 0.687. The number of benzene rings is 1. The maximum Gasteiger partial charge on any atom is 0.325 e. The molecule has 170 valence electrons. The lowest BCUT2D eigenvalue weighted by atomic mass is 10.1. The van der Waals surface area contributed by atoms with Crippen LogP contribution in [0, 0.1) is 13.8 Å². The number of rotatable bonds is 6. The number of hydrogen-bond donors (Lipinski definition) is 0. The topological polar surface area (TPSA) is 88.1 Å². The lowest BCUT2D eigenvalue weighted by Crippen LogP contribution is -2.47. The highest BCUT2D eigenvalue weighted by Gasteiger charge is 2.34. The van der Waals surface area contributed by atoms with E-state index in [1.165, 1.54) is 0 Å². The van der Waals surface area contributed by atoms with Gasteiger partial charge in [0.05, 0.1) is 12.8 Å². The Labute approximate surface area is 187 Å². The molecule has 9 heteroatoms. The second kappa shape index (κ2) is 9.42. The third-order valence-corrected chi connectivity index (χ3v) is 5.82. The lowest BCUT2D eigenvalue weighted by Gasteiger charge is -2.33. The number of carbonyl (C=O) groups excluding carboxylic acids is 2. The number of nitrogens with zero attached hydrogens (tertiary/aromatic N) is 5. The summed E-state index contributed by atoms with van der Waals surface area (Å²) < 4.78 is 11.4. The first-order valence-electron chi connectivity index (χ1n) is 10.9. The summed E-state index contributed by atoms with van der Waals surface area (Å²) in [5.74, 6) is 1.88. The molecule has 0 saturated carbocycles. The Hall–Kier alpha value is -3.36. The van der Waals surface area contributed by atoms with Gasteiger partial charge in [0.25, 0.3) is 0 Å². The molecule has 0 atom stereocenters. The summed E-state index contributed by atoms with van der Waals surface area (Å²) in [6, 6.07) is 9.08. The highest BCUT2D eigenvalue weighted by atomic mass is 16.5. The molecule has 32 heavy (non-hydrogen) atoms. The first-order chi connectivity index (χ1) is 15.4. The minimum Gasteiger partial charge on any atom is -0.495 e. The van der Waals surface area contributed by atoms with Crippen LogP contribution in [-0.2, 0) is 4.79 Å². The molecule has 0 N–H and O–H groups in total. The number of aromatic nitrogens is 2. The van der Waals surface area contributed by atoms with Crippen molar-refractivity contribution in [2.75, 3.05) is 44.7 Å². The van der Waals surface area contributed by atoms with Crippen LogP contribution in [0.4, 0.5) is 10.5 Å². The van der Waals surface area contributed by atoms with Gasteiger partial charge in [0.15, 0.2) is 0 Å². The zero-order chi connectivity index (χ0) is 22.7. The van der Waals surface area contributed by atoms with Crippen LogP contribution in [0.25, 0.3) is 0 Å². The highest BCUT2D eigenvalue weighted by molar-refractivity contribution is 5.97. The van der Waals surface area contributed by atoms with Crippen molar-refractivity contribution in [2.45, 2.75) is 32.8 Å². The maximum atomic E-state index is 12.9. The van der Waals surface area contributed by atoms with E-state index in [-0.39, 0.29) is 24.6 Å². The fourth-order valence-electron chi connectivity index (χ4n) is 4.21. The molecule has 0 aliphatic carbocycles. The predicted molar refractivity (Wildman–Crippen MR) is 119 cm³/mol. The third-order valence-electron chi connectivity index (χ3n) is 5.82. The summed E-state index contributed by atoms with van der Waals surface area (Å²) >= 11 is 0. The summed E-state index contributed by atoms with van der Waals surface area (Å²) in [7, 11) is 1.58. The van der Waals surface area contributed by atoms with Crippen molar-refractivity contribution in [3.63, 3.8) is 0 Å². The second-order valence-electron chi connectivity index (χ2n) is 8.12. The smallest absolute Gasteiger partial charge is 0.325 e. The van der Waals surface area contributed by atoms with E-state index in [1.54, 1.807) is 16.9 Å². The summed E-state index contributed by atoms with van der Waals surface area (Å²) in [5, 5.41) is 0. The Kier molecular flexibility index (Phi) is 6.43.